The fourth-order valence-electron chi connectivity index (χ4n) is 1.97. The van der Waals surface area contributed by atoms with Crippen LogP contribution < -0.4 is 5.73 Å². The summed E-state index contributed by atoms with van der Waals surface area (Å²) in [6.07, 6.45) is -3.38. The van der Waals surface area contributed by atoms with Crippen molar-refractivity contribution in [2.45, 2.75) is 17.1 Å². The molecule has 0 heterocycles. The number of benzene rings is 2. The van der Waals surface area contributed by atoms with Crippen LogP contribution in [-0.4, -0.2) is 20.8 Å². The van der Waals surface area contributed by atoms with Gasteiger partial charge in [-0.25, -0.2) is 8.42 Å². The molecule has 0 fully saturated rings. The Morgan fingerprint density at radius 3 is 1.68 bits per heavy atom. The third-order valence-corrected chi connectivity index (χ3v) is 4.37. The molecule has 0 aliphatic heterocycles. The summed E-state index contributed by atoms with van der Waals surface area (Å²) in [6, 6.07) is 9.79. The van der Waals surface area contributed by atoms with E-state index < -0.39 is 22.1 Å². The fraction of sp³-hybridized carbons (Fsp3) is 0.200. The smallest absolute Gasteiger partial charge is 0.316 e. The quantitative estimate of drug-likeness (QED) is 0.940. The van der Waals surface area contributed by atoms with E-state index in [2.05, 4.69) is 0 Å². The second-order valence-electron chi connectivity index (χ2n) is 4.94. The number of rotatable bonds is 3. The average Bonchev–Trinajstić information content (AvgIpc) is 2.45. The average molecular weight is 329 g/mol. The standard InChI is InChI=1S/C15H14F3NO2S/c1-22(20,21)13-8-6-11(7-9-13)10-2-4-12(5-3-10)14(19)15(16,17)18/h2-9,14H,19H2,1H3/t14-/m0/s1. The Morgan fingerprint density at radius 1 is 0.909 bits per heavy atom. The van der Waals surface area contributed by atoms with Crippen LogP contribution in [0.25, 0.3) is 11.1 Å². The number of sulfone groups is 1. The van der Waals surface area contributed by atoms with Gasteiger partial charge in [0.15, 0.2) is 9.84 Å². The minimum Gasteiger partial charge on any atom is -0.316 e. The second-order valence-corrected chi connectivity index (χ2v) is 6.95. The molecule has 0 saturated carbocycles. The highest BCUT2D eigenvalue weighted by Crippen LogP contribution is 2.31. The zero-order valence-corrected chi connectivity index (χ0v) is 12.4. The number of hydrogen-bond donors (Lipinski definition) is 1. The lowest BCUT2D eigenvalue weighted by molar-refractivity contribution is -0.149. The van der Waals surface area contributed by atoms with Crippen molar-refractivity contribution in [3.8, 4) is 11.1 Å². The molecule has 1 atom stereocenters. The number of halogens is 3. The Kier molecular flexibility index (Phi) is 4.30. The molecule has 2 N–H and O–H groups in total. The van der Waals surface area contributed by atoms with Gasteiger partial charge in [-0.2, -0.15) is 13.2 Å². The molecule has 2 aromatic carbocycles. The predicted octanol–water partition coefficient (Wildman–Crippen LogP) is 3.32. The van der Waals surface area contributed by atoms with Crippen LogP contribution in [0.1, 0.15) is 11.6 Å². The maximum atomic E-state index is 12.5. The van der Waals surface area contributed by atoms with Gasteiger partial charge in [-0.3, -0.25) is 0 Å². The van der Waals surface area contributed by atoms with Crippen LogP contribution in [0.4, 0.5) is 13.2 Å². The van der Waals surface area contributed by atoms with Gasteiger partial charge in [0.1, 0.15) is 6.04 Å². The highest BCUT2D eigenvalue weighted by Gasteiger charge is 2.37. The van der Waals surface area contributed by atoms with Gasteiger partial charge < -0.3 is 5.73 Å². The Bertz CT molecular complexity index is 751. The number of hydrogen-bond acceptors (Lipinski definition) is 3. The Hall–Kier alpha value is -1.86. The largest absolute Gasteiger partial charge is 0.407 e. The molecule has 3 nitrogen and oxygen atoms in total. The summed E-state index contributed by atoms with van der Waals surface area (Å²) in [4.78, 5) is 0.187. The topological polar surface area (TPSA) is 60.2 Å². The monoisotopic (exact) mass is 329 g/mol. The van der Waals surface area contributed by atoms with Crippen LogP contribution in [0, 0.1) is 0 Å². The van der Waals surface area contributed by atoms with E-state index in [-0.39, 0.29) is 10.5 Å². The van der Waals surface area contributed by atoms with Gasteiger partial charge in [-0.15, -0.1) is 0 Å². The summed E-state index contributed by atoms with van der Waals surface area (Å²) in [5, 5.41) is 0. The maximum absolute atomic E-state index is 12.5. The lowest BCUT2D eigenvalue weighted by Gasteiger charge is -2.16. The van der Waals surface area contributed by atoms with Crippen LogP contribution in [0.3, 0.4) is 0 Å². The van der Waals surface area contributed by atoms with Gasteiger partial charge in [0.25, 0.3) is 0 Å². The first-order chi connectivity index (χ1) is 10.1. The highest BCUT2D eigenvalue weighted by atomic mass is 32.2. The van der Waals surface area contributed by atoms with Gasteiger partial charge in [0.2, 0.25) is 0 Å². The van der Waals surface area contributed by atoms with Crippen LogP contribution in [0.5, 0.6) is 0 Å². The van der Waals surface area contributed by atoms with Crippen molar-refractivity contribution < 1.29 is 21.6 Å². The summed E-state index contributed by atoms with van der Waals surface area (Å²) in [5.41, 5.74) is 6.50. The zero-order valence-electron chi connectivity index (χ0n) is 11.6. The SMILES string of the molecule is CS(=O)(=O)c1ccc(-c2ccc([C@H](N)C(F)(F)F)cc2)cc1. The van der Waals surface area contributed by atoms with Gasteiger partial charge in [-0.1, -0.05) is 36.4 Å². The van der Waals surface area contributed by atoms with Crippen molar-refractivity contribution >= 4 is 9.84 Å². The van der Waals surface area contributed by atoms with E-state index in [1.807, 2.05) is 0 Å². The Morgan fingerprint density at radius 2 is 1.32 bits per heavy atom. The summed E-state index contributed by atoms with van der Waals surface area (Å²) in [6.45, 7) is 0. The van der Waals surface area contributed by atoms with Crippen molar-refractivity contribution in [2.24, 2.45) is 5.73 Å². The molecule has 0 spiro atoms. The van der Waals surface area contributed by atoms with E-state index in [1.54, 1.807) is 12.1 Å². The molecular weight excluding hydrogens is 315 g/mol. The van der Waals surface area contributed by atoms with Crippen molar-refractivity contribution in [3.63, 3.8) is 0 Å². The lowest BCUT2D eigenvalue weighted by Crippen LogP contribution is -2.28. The summed E-state index contributed by atoms with van der Waals surface area (Å²) in [7, 11) is -3.28. The first-order valence-electron chi connectivity index (χ1n) is 6.32. The molecule has 2 rings (SSSR count). The van der Waals surface area contributed by atoms with Crippen LogP contribution in [-0.2, 0) is 9.84 Å². The molecule has 0 aliphatic carbocycles. The fourth-order valence-corrected chi connectivity index (χ4v) is 2.60. The number of alkyl halides is 3. The summed E-state index contributed by atoms with van der Waals surface area (Å²) >= 11 is 0. The molecule has 0 bridgehead atoms. The summed E-state index contributed by atoms with van der Waals surface area (Å²) in [5.74, 6) is 0. The van der Waals surface area contributed by atoms with Crippen molar-refractivity contribution in [2.75, 3.05) is 6.26 Å². The molecule has 0 saturated heterocycles. The Balaban J connectivity index is 2.28. The van der Waals surface area contributed by atoms with Crippen molar-refractivity contribution in [3.05, 3.63) is 54.1 Å². The normalized spacial score (nSPS) is 13.9. The molecule has 0 amide bonds. The maximum Gasteiger partial charge on any atom is 0.407 e. The van der Waals surface area contributed by atoms with E-state index >= 15 is 0 Å². The lowest BCUT2D eigenvalue weighted by atomic mass is 10.0. The van der Waals surface area contributed by atoms with Gasteiger partial charge in [0, 0.05) is 6.26 Å². The molecule has 0 unspecified atom stereocenters. The molecule has 0 radical (unpaired) electrons. The van der Waals surface area contributed by atoms with E-state index in [1.165, 1.54) is 36.4 Å². The molecular formula is C15H14F3NO2S. The predicted molar refractivity (Wildman–Crippen MR) is 78.0 cm³/mol. The highest BCUT2D eigenvalue weighted by molar-refractivity contribution is 7.90. The minimum absolute atomic E-state index is 0.0241. The molecule has 118 valence electrons. The zero-order chi connectivity index (χ0) is 16.5. The first kappa shape index (κ1) is 16.5. The minimum atomic E-state index is -4.49. The second kappa shape index (κ2) is 5.73. The molecule has 0 aromatic heterocycles. The molecule has 22 heavy (non-hydrogen) atoms. The van der Waals surface area contributed by atoms with Gasteiger partial charge in [0.05, 0.1) is 4.90 Å². The first-order valence-corrected chi connectivity index (χ1v) is 8.21. The van der Waals surface area contributed by atoms with Gasteiger partial charge in [-0.05, 0) is 28.8 Å². The molecule has 0 aliphatic rings. The van der Waals surface area contributed by atoms with Crippen LogP contribution >= 0.6 is 0 Å². The number of nitrogens with two attached hydrogens (primary N) is 1. The van der Waals surface area contributed by atoms with E-state index in [0.29, 0.717) is 11.1 Å². The van der Waals surface area contributed by atoms with E-state index in [9.17, 15) is 21.6 Å². The third-order valence-electron chi connectivity index (χ3n) is 3.24. The van der Waals surface area contributed by atoms with Crippen LogP contribution in [0.2, 0.25) is 0 Å². The Labute approximate surface area is 126 Å². The van der Waals surface area contributed by atoms with Gasteiger partial charge >= 0.3 is 6.18 Å². The van der Waals surface area contributed by atoms with Crippen molar-refractivity contribution in [1.29, 1.82) is 0 Å². The van der Waals surface area contributed by atoms with Crippen LogP contribution in [0.15, 0.2) is 53.4 Å². The third kappa shape index (κ3) is 3.66. The molecule has 2 aromatic rings. The van der Waals surface area contributed by atoms with Crippen molar-refractivity contribution in [1.82, 2.24) is 0 Å². The molecule has 7 heteroatoms. The van der Waals surface area contributed by atoms with E-state index in [4.69, 9.17) is 5.73 Å². The van der Waals surface area contributed by atoms with E-state index in [0.717, 1.165) is 6.26 Å². The summed E-state index contributed by atoms with van der Waals surface area (Å²) < 4.78 is 60.3.